The number of halogens is 1. The molecule has 2 saturated heterocycles. The molecule has 5 aromatic rings. The van der Waals surface area contributed by atoms with Crippen LogP contribution >= 0.6 is 0 Å². The van der Waals surface area contributed by atoms with Gasteiger partial charge in [-0.2, -0.15) is 5.10 Å². The van der Waals surface area contributed by atoms with Crippen molar-refractivity contribution in [3.05, 3.63) is 95.6 Å². The Bertz CT molecular complexity index is 2710. The number of hydrogen-bond donors (Lipinski definition) is 6. The number of likely N-dealkylation sites (tertiary alicyclic amines) is 1. The molecule has 17 nitrogen and oxygen atoms in total. The highest BCUT2D eigenvalue weighted by Gasteiger charge is 2.44. The SMILES string of the molecule is COc1cccc(F)c1-c1ncc2[nH]nc(-c3ccc(N4CCN(CC(=O)NCCCCCCCCCCC(=O)N[C@H](C(=O)N5CC(O)C[C@H]5C(=O)NCc5ccc(C=C(C)N)cc5)C(C)(C)C)CC4)cc3)c2n1. The lowest BCUT2D eigenvalue weighted by Gasteiger charge is -2.35. The van der Waals surface area contributed by atoms with Crippen LogP contribution in [0, 0.1) is 11.2 Å². The first-order valence-electron chi connectivity index (χ1n) is 26.0. The number of piperazine rings is 1. The Morgan fingerprint density at radius 3 is 2.27 bits per heavy atom. The second kappa shape index (κ2) is 25.8. The van der Waals surface area contributed by atoms with Crippen molar-refractivity contribution in [2.24, 2.45) is 11.1 Å². The fourth-order valence-electron chi connectivity index (χ4n) is 9.63. The highest BCUT2D eigenvalue weighted by molar-refractivity contribution is 5.93. The van der Waals surface area contributed by atoms with E-state index in [0.717, 1.165) is 93.5 Å². The lowest BCUT2D eigenvalue weighted by atomic mass is 9.85. The number of hydrogen-bond acceptors (Lipinski definition) is 12. The topological polar surface area (TPSA) is 224 Å². The van der Waals surface area contributed by atoms with Crippen LogP contribution in [0.2, 0.25) is 0 Å². The van der Waals surface area contributed by atoms with Crippen LogP contribution in [-0.2, 0) is 25.7 Å². The molecule has 2 fully saturated rings. The third-order valence-corrected chi connectivity index (χ3v) is 13.7. The van der Waals surface area contributed by atoms with Crippen LogP contribution in [-0.4, -0.2) is 130 Å². The number of allylic oxidation sites excluding steroid dienone is 1. The van der Waals surface area contributed by atoms with Gasteiger partial charge in [0.15, 0.2) is 5.82 Å². The molecule has 74 heavy (non-hydrogen) atoms. The monoisotopic (exact) mass is 1020 g/mol. The molecule has 396 valence electrons. The van der Waals surface area contributed by atoms with Crippen molar-refractivity contribution in [1.29, 1.82) is 0 Å². The minimum absolute atomic E-state index is 0.0265. The molecule has 2 aromatic heterocycles. The lowest BCUT2D eigenvalue weighted by molar-refractivity contribution is -0.144. The van der Waals surface area contributed by atoms with Crippen LogP contribution in [0.4, 0.5) is 10.1 Å². The summed E-state index contributed by atoms with van der Waals surface area (Å²) in [5.41, 5.74) is 11.7. The smallest absolute Gasteiger partial charge is 0.246 e. The molecule has 3 atom stereocenters. The number of unbranched alkanes of at least 4 members (excludes halogenated alkanes) is 7. The van der Waals surface area contributed by atoms with Gasteiger partial charge in [0.25, 0.3) is 0 Å². The Morgan fingerprint density at radius 1 is 0.905 bits per heavy atom. The maximum atomic E-state index is 14.8. The van der Waals surface area contributed by atoms with E-state index in [1.165, 1.54) is 18.1 Å². The number of rotatable bonds is 23. The lowest BCUT2D eigenvalue weighted by Crippen LogP contribution is -2.57. The third-order valence-electron chi connectivity index (χ3n) is 13.7. The largest absolute Gasteiger partial charge is 0.496 e. The number of nitrogens with two attached hydrogens (primary N) is 1. The average Bonchev–Trinajstić information content (AvgIpc) is 3.99. The summed E-state index contributed by atoms with van der Waals surface area (Å²) in [6, 6.07) is 18.7. The quantitative estimate of drug-likeness (QED) is 0.0376. The number of ether oxygens (including phenoxy) is 1. The molecule has 4 heterocycles. The summed E-state index contributed by atoms with van der Waals surface area (Å²) in [6.45, 7) is 12.0. The molecule has 18 heteroatoms. The van der Waals surface area contributed by atoms with Gasteiger partial charge in [-0.15, -0.1) is 0 Å². The minimum Gasteiger partial charge on any atom is -0.496 e. The first-order valence-corrected chi connectivity index (χ1v) is 26.0. The zero-order valence-electron chi connectivity index (χ0n) is 43.6. The molecule has 7 rings (SSSR count). The molecule has 4 amide bonds. The van der Waals surface area contributed by atoms with E-state index < -0.39 is 29.4 Å². The number of methoxy groups -OCH3 is 1. The van der Waals surface area contributed by atoms with E-state index in [9.17, 15) is 28.7 Å². The van der Waals surface area contributed by atoms with Gasteiger partial charge in [0, 0.05) is 75.6 Å². The van der Waals surface area contributed by atoms with Gasteiger partial charge in [-0.3, -0.25) is 29.2 Å². The molecule has 0 aliphatic carbocycles. The standard InChI is InChI=1S/C56H74FN11O6/c1-37(58)31-38-18-20-39(21-19-38)33-61-54(72)45-32-42(69)35-68(45)55(73)52(56(2,3)4)62-47(70)17-12-10-8-6-7-9-11-13-26-59-48(71)36-66-27-29-67(30-28-66)41-24-22-40(23-25-41)50-51-44(64-65-50)34-60-53(63-51)49-43(57)15-14-16-46(49)74-5/h14-16,18-25,31,34,42,45,52,69H,6-13,17,26-30,32-33,35-36,58H2,1-5H3,(H,59,71)(H,61,72)(H,62,70)(H,64,65)/t42?,45-,52+/m0/s1. The van der Waals surface area contributed by atoms with Crippen molar-refractivity contribution >= 4 is 46.4 Å². The number of aliphatic hydroxyl groups is 1. The molecule has 7 N–H and O–H groups in total. The minimum atomic E-state index is -0.854. The van der Waals surface area contributed by atoms with Crippen LogP contribution < -0.4 is 31.3 Å². The molecule has 0 bridgehead atoms. The maximum absolute atomic E-state index is 14.8. The van der Waals surface area contributed by atoms with Gasteiger partial charge < -0.3 is 41.3 Å². The summed E-state index contributed by atoms with van der Waals surface area (Å²) in [7, 11) is 1.49. The van der Waals surface area contributed by atoms with Crippen molar-refractivity contribution in [2.45, 2.75) is 117 Å². The van der Waals surface area contributed by atoms with Crippen LogP contribution in [0.1, 0.15) is 103 Å². The van der Waals surface area contributed by atoms with Gasteiger partial charge in [0.1, 0.15) is 40.4 Å². The van der Waals surface area contributed by atoms with Gasteiger partial charge >= 0.3 is 0 Å². The number of nitrogens with zero attached hydrogens (tertiary/aromatic N) is 6. The highest BCUT2D eigenvalue weighted by atomic mass is 19.1. The molecule has 1 unspecified atom stereocenters. The molecule has 0 spiro atoms. The van der Waals surface area contributed by atoms with Crippen LogP contribution in [0.3, 0.4) is 0 Å². The van der Waals surface area contributed by atoms with Crippen LogP contribution in [0.25, 0.3) is 39.8 Å². The van der Waals surface area contributed by atoms with E-state index in [1.807, 2.05) is 70.2 Å². The number of fused-ring (bicyclic) bond motifs is 1. The fourth-order valence-corrected chi connectivity index (χ4v) is 9.63. The van der Waals surface area contributed by atoms with E-state index in [-0.39, 0.29) is 54.5 Å². The predicted octanol–water partition coefficient (Wildman–Crippen LogP) is 6.71. The zero-order valence-corrected chi connectivity index (χ0v) is 43.6. The summed E-state index contributed by atoms with van der Waals surface area (Å²) >= 11 is 0. The van der Waals surface area contributed by atoms with E-state index in [0.29, 0.717) is 54.1 Å². The summed E-state index contributed by atoms with van der Waals surface area (Å²) in [4.78, 5) is 68.2. The fraction of sp³-hybridized carbons (Fsp3) is 0.482. The van der Waals surface area contributed by atoms with Gasteiger partial charge in [0.2, 0.25) is 23.6 Å². The Morgan fingerprint density at radius 2 is 1.59 bits per heavy atom. The van der Waals surface area contributed by atoms with Crippen molar-refractivity contribution in [3.8, 4) is 28.4 Å². The van der Waals surface area contributed by atoms with Crippen molar-refractivity contribution in [2.75, 3.05) is 57.8 Å². The van der Waals surface area contributed by atoms with Gasteiger partial charge in [-0.25, -0.2) is 14.4 Å². The summed E-state index contributed by atoms with van der Waals surface area (Å²) in [5, 5.41) is 27.0. The Hall–Kier alpha value is -6.92. The van der Waals surface area contributed by atoms with Gasteiger partial charge in [-0.05, 0) is 66.6 Å². The number of β-amino-alcohol motifs (C(OH)–C–C–N with tert-alkyl or cyclic N) is 1. The van der Waals surface area contributed by atoms with Crippen molar-refractivity contribution < 1.29 is 33.4 Å². The van der Waals surface area contributed by atoms with Crippen molar-refractivity contribution in [1.82, 2.24) is 45.9 Å². The molecular formula is C56H74FN11O6. The summed E-state index contributed by atoms with van der Waals surface area (Å²) in [5.74, 6) is -0.769. The summed E-state index contributed by atoms with van der Waals surface area (Å²) < 4.78 is 20.2. The third kappa shape index (κ3) is 14.9. The van der Waals surface area contributed by atoms with Gasteiger partial charge in [0.05, 0.1) is 31.5 Å². The molecule has 3 aromatic carbocycles. The van der Waals surface area contributed by atoms with E-state index in [1.54, 1.807) is 18.3 Å². The predicted molar refractivity (Wildman–Crippen MR) is 286 cm³/mol. The first kappa shape index (κ1) is 54.8. The Kier molecular flexibility index (Phi) is 19.1. The molecular weight excluding hydrogens is 942 g/mol. The second-order valence-electron chi connectivity index (χ2n) is 20.7. The number of carbonyl (C=O) groups is 4. The molecule has 2 aliphatic heterocycles. The number of anilines is 1. The zero-order chi connectivity index (χ0) is 52.8. The normalized spacial score (nSPS) is 16.8. The second-order valence-corrected chi connectivity index (χ2v) is 20.7. The number of H-pyrrole nitrogens is 1. The number of amides is 4. The van der Waals surface area contributed by atoms with Crippen LogP contribution in [0.15, 0.2) is 78.6 Å². The number of aromatic amines is 1. The number of benzene rings is 3. The average molecular weight is 1020 g/mol. The Labute approximate surface area is 433 Å². The van der Waals surface area contributed by atoms with Crippen molar-refractivity contribution in [3.63, 3.8) is 0 Å². The summed E-state index contributed by atoms with van der Waals surface area (Å²) in [6.07, 6.45) is 10.9. The maximum Gasteiger partial charge on any atom is 0.246 e. The first-order chi connectivity index (χ1) is 35.6. The molecule has 0 radical (unpaired) electrons. The molecule has 2 aliphatic rings. The highest BCUT2D eigenvalue weighted by Crippen LogP contribution is 2.33. The van der Waals surface area contributed by atoms with Gasteiger partial charge in [-0.1, -0.05) is 102 Å². The molecule has 0 saturated carbocycles. The van der Waals surface area contributed by atoms with E-state index in [2.05, 4.69) is 58.0 Å². The van der Waals surface area contributed by atoms with Crippen LogP contribution in [0.5, 0.6) is 5.75 Å². The number of nitrogens with one attached hydrogen (secondary N) is 4. The number of aromatic nitrogens is 4. The number of carbonyl (C=O) groups excluding carboxylic acids is 4. The number of aliphatic hydroxyl groups excluding tert-OH is 1. The Balaban J connectivity index is 0.733. The van der Waals surface area contributed by atoms with E-state index in [4.69, 9.17) is 10.5 Å². The van der Waals surface area contributed by atoms with E-state index >= 15 is 0 Å².